The summed E-state index contributed by atoms with van der Waals surface area (Å²) in [6, 6.07) is 5.94. The van der Waals surface area contributed by atoms with Crippen molar-refractivity contribution in [2.24, 2.45) is 0 Å². The Kier molecular flexibility index (Phi) is 5.97. The highest BCUT2D eigenvalue weighted by Crippen LogP contribution is 2.22. The number of nitrogens with one attached hydrogen (secondary N) is 1. The second-order valence-electron chi connectivity index (χ2n) is 6.55. The minimum absolute atomic E-state index is 0.196. The normalized spacial score (nSPS) is 21.3. The molecule has 2 aliphatic rings. The summed E-state index contributed by atoms with van der Waals surface area (Å²) in [6.45, 7) is 5.30. The monoisotopic (exact) mass is 363 g/mol. The van der Waals surface area contributed by atoms with Crippen LogP contribution in [0.3, 0.4) is 0 Å². The van der Waals surface area contributed by atoms with E-state index in [2.05, 4.69) is 4.74 Å². The first-order chi connectivity index (χ1) is 12.6. The van der Waals surface area contributed by atoms with Crippen molar-refractivity contribution in [3.8, 4) is 0 Å². The summed E-state index contributed by atoms with van der Waals surface area (Å²) in [7, 11) is 1.31. The van der Waals surface area contributed by atoms with Crippen LogP contribution < -0.4 is 15.1 Å². The molecule has 2 aliphatic heterocycles. The number of amides is 2. The lowest BCUT2D eigenvalue weighted by Gasteiger charge is -2.23. The number of ether oxygens (including phenoxy) is 2. The van der Waals surface area contributed by atoms with Gasteiger partial charge in [-0.05, 0) is 24.3 Å². The summed E-state index contributed by atoms with van der Waals surface area (Å²) in [5.74, 6) is -0.856. The summed E-state index contributed by atoms with van der Waals surface area (Å²) >= 11 is 0. The lowest BCUT2D eigenvalue weighted by Crippen LogP contribution is -3.16. The van der Waals surface area contributed by atoms with E-state index in [0.29, 0.717) is 11.3 Å². The zero-order valence-electron chi connectivity index (χ0n) is 14.9. The third kappa shape index (κ3) is 4.09. The van der Waals surface area contributed by atoms with E-state index in [1.54, 1.807) is 24.3 Å². The minimum Gasteiger partial charge on any atom is -0.465 e. The molecule has 0 saturated carbocycles. The number of imide groups is 1. The summed E-state index contributed by atoms with van der Waals surface area (Å²) < 4.78 is 9.99. The first kappa shape index (κ1) is 18.5. The Labute approximate surface area is 152 Å². The smallest absolute Gasteiger partial charge is 0.337 e. The zero-order valence-corrected chi connectivity index (χ0v) is 14.9. The number of quaternary nitrogens is 2. The highest BCUT2D eigenvalue weighted by molar-refractivity contribution is 6.21. The fourth-order valence-electron chi connectivity index (χ4n) is 3.37. The molecular weight excluding hydrogens is 338 g/mol. The van der Waals surface area contributed by atoms with E-state index in [1.165, 1.54) is 16.9 Å². The number of esters is 1. The van der Waals surface area contributed by atoms with Crippen molar-refractivity contribution < 1.29 is 34.1 Å². The molecule has 8 nitrogen and oxygen atoms in total. The molecule has 0 bridgehead atoms. The van der Waals surface area contributed by atoms with Gasteiger partial charge in [0.2, 0.25) is 5.91 Å². The van der Waals surface area contributed by atoms with Crippen LogP contribution >= 0.6 is 0 Å². The number of methoxy groups -OCH3 is 1. The number of rotatable bonds is 6. The minimum atomic E-state index is -0.451. The highest BCUT2D eigenvalue weighted by Gasteiger charge is 2.42. The zero-order chi connectivity index (χ0) is 18.5. The van der Waals surface area contributed by atoms with Gasteiger partial charge in [0.15, 0.2) is 6.04 Å². The molecule has 1 aromatic carbocycles. The lowest BCUT2D eigenvalue weighted by molar-refractivity contribution is -0.920. The van der Waals surface area contributed by atoms with Crippen LogP contribution in [0.2, 0.25) is 0 Å². The Morgan fingerprint density at radius 1 is 1.27 bits per heavy atom. The molecule has 2 saturated heterocycles. The predicted molar refractivity (Wildman–Crippen MR) is 91.9 cm³/mol. The Morgan fingerprint density at radius 2 is 1.96 bits per heavy atom. The van der Waals surface area contributed by atoms with E-state index < -0.39 is 5.97 Å². The number of anilines is 1. The van der Waals surface area contributed by atoms with Gasteiger partial charge in [0, 0.05) is 0 Å². The van der Waals surface area contributed by atoms with Crippen molar-refractivity contribution in [3.05, 3.63) is 29.8 Å². The van der Waals surface area contributed by atoms with Crippen molar-refractivity contribution >= 4 is 23.5 Å². The van der Waals surface area contributed by atoms with Crippen LogP contribution in [0.4, 0.5) is 5.69 Å². The Morgan fingerprint density at radius 3 is 2.62 bits per heavy atom. The Bertz CT molecular complexity index is 670. The van der Waals surface area contributed by atoms with Crippen molar-refractivity contribution in [2.45, 2.75) is 12.5 Å². The van der Waals surface area contributed by atoms with Gasteiger partial charge in [-0.3, -0.25) is 9.59 Å². The van der Waals surface area contributed by atoms with Crippen molar-refractivity contribution in [3.63, 3.8) is 0 Å². The molecule has 0 aliphatic carbocycles. The van der Waals surface area contributed by atoms with Gasteiger partial charge in [-0.2, -0.15) is 0 Å². The average molecular weight is 363 g/mol. The molecule has 2 fully saturated rings. The van der Waals surface area contributed by atoms with Gasteiger partial charge in [-0.15, -0.1) is 0 Å². The van der Waals surface area contributed by atoms with E-state index in [1.807, 2.05) is 5.32 Å². The summed E-state index contributed by atoms with van der Waals surface area (Å²) in [6.07, 6.45) is 0.204. The first-order valence-corrected chi connectivity index (χ1v) is 8.90. The standard InChI is InChI=1S/C18H23N3O5/c1-25-18(24)13-2-4-14(5-3-13)21-16(22)12-15(17(21)23)19-6-7-20-8-10-26-11-9-20/h2-5,15,19H,6-12H2,1H3/p+2/t15-/m1/s1. The van der Waals surface area contributed by atoms with Crippen molar-refractivity contribution in [1.82, 2.24) is 0 Å². The maximum absolute atomic E-state index is 12.6. The second-order valence-corrected chi connectivity index (χ2v) is 6.55. The summed E-state index contributed by atoms with van der Waals surface area (Å²) in [5, 5.41) is 1.96. The third-order valence-corrected chi connectivity index (χ3v) is 4.88. The van der Waals surface area contributed by atoms with Crippen LogP contribution in [-0.2, 0) is 19.1 Å². The van der Waals surface area contributed by atoms with Gasteiger partial charge in [0.05, 0.1) is 38.0 Å². The molecule has 0 aromatic heterocycles. The fourth-order valence-corrected chi connectivity index (χ4v) is 3.37. The van der Waals surface area contributed by atoms with Crippen LogP contribution in [0.15, 0.2) is 24.3 Å². The van der Waals surface area contributed by atoms with Crippen LogP contribution in [-0.4, -0.2) is 70.3 Å². The van der Waals surface area contributed by atoms with Gasteiger partial charge < -0.3 is 19.7 Å². The summed E-state index contributed by atoms with van der Waals surface area (Å²) in [5.41, 5.74) is 0.870. The van der Waals surface area contributed by atoms with Crippen LogP contribution in [0, 0.1) is 0 Å². The largest absolute Gasteiger partial charge is 0.465 e. The van der Waals surface area contributed by atoms with Gasteiger partial charge in [-0.1, -0.05) is 0 Å². The van der Waals surface area contributed by atoms with Crippen molar-refractivity contribution in [2.75, 3.05) is 51.4 Å². The number of carbonyl (C=O) groups is 3. The van der Waals surface area contributed by atoms with E-state index in [4.69, 9.17) is 4.74 Å². The van der Waals surface area contributed by atoms with Crippen LogP contribution in [0.5, 0.6) is 0 Å². The van der Waals surface area contributed by atoms with Crippen LogP contribution in [0.1, 0.15) is 16.8 Å². The number of nitrogens with zero attached hydrogens (tertiary/aromatic N) is 1. The summed E-state index contributed by atoms with van der Waals surface area (Å²) in [4.78, 5) is 39.1. The van der Waals surface area contributed by atoms with E-state index in [0.717, 1.165) is 39.4 Å². The molecular formula is C18H25N3O5+2. The number of carbonyl (C=O) groups excluding carboxylic acids is 3. The topological polar surface area (TPSA) is 94.0 Å². The van der Waals surface area contributed by atoms with Gasteiger partial charge >= 0.3 is 5.97 Å². The molecule has 140 valence electrons. The quantitative estimate of drug-likeness (QED) is 0.434. The molecule has 8 heteroatoms. The maximum atomic E-state index is 12.6. The number of benzene rings is 1. The maximum Gasteiger partial charge on any atom is 0.337 e. The average Bonchev–Trinajstić information content (AvgIpc) is 2.95. The van der Waals surface area contributed by atoms with Crippen LogP contribution in [0.25, 0.3) is 0 Å². The van der Waals surface area contributed by atoms with E-state index in [9.17, 15) is 14.4 Å². The van der Waals surface area contributed by atoms with Gasteiger partial charge in [0.25, 0.3) is 5.91 Å². The molecule has 3 N–H and O–H groups in total. The molecule has 0 unspecified atom stereocenters. The number of morpholine rings is 1. The first-order valence-electron chi connectivity index (χ1n) is 8.90. The number of hydrogen-bond donors (Lipinski definition) is 2. The Hall–Kier alpha value is -2.29. The third-order valence-electron chi connectivity index (χ3n) is 4.88. The predicted octanol–water partition coefficient (Wildman–Crippen LogP) is -2.42. The lowest BCUT2D eigenvalue weighted by atomic mass is 10.2. The molecule has 2 amide bonds. The molecule has 0 spiro atoms. The second kappa shape index (κ2) is 8.39. The van der Waals surface area contributed by atoms with Gasteiger partial charge in [-0.25, -0.2) is 9.69 Å². The molecule has 1 atom stereocenters. The van der Waals surface area contributed by atoms with Crippen molar-refractivity contribution in [1.29, 1.82) is 0 Å². The van der Waals surface area contributed by atoms with E-state index >= 15 is 0 Å². The molecule has 3 rings (SSSR count). The fraction of sp³-hybridized carbons (Fsp3) is 0.500. The number of nitrogens with two attached hydrogens (primary N) is 1. The SMILES string of the molecule is COC(=O)c1ccc(N2C(=O)C[C@@H]([NH2+]CC[NH+]3CCOCC3)C2=O)cc1. The number of hydrogen-bond acceptors (Lipinski definition) is 5. The van der Waals surface area contributed by atoms with E-state index in [-0.39, 0.29) is 24.3 Å². The Balaban J connectivity index is 1.57. The highest BCUT2D eigenvalue weighted by atomic mass is 16.5. The van der Waals surface area contributed by atoms with Gasteiger partial charge in [0.1, 0.15) is 26.2 Å². The molecule has 1 aromatic rings. The molecule has 2 heterocycles. The molecule has 0 radical (unpaired) electrons. The molecule has 26 heavy (non-hydrogen) atoms.